The van der Waals surface area contributed by atoms with Gasteiger partial charge >= 0.3 is 6.03 Å². The Morgan fingerprint density at radius 2 is 2.04 bits per heavy atom. The van der Waals surface area contributed by atoms with Gasteiger partial charge in [-0.15, -0.1) is 0 Å². The second kappa shape index (κ2) is 10.2. The summed E-state index contributed by atoms with van der Waals surface area (Å²) in [5.41, 5.74) is 0.806. The fourth-order valence-corrected chi connectivity index (χ4v) is 2.23. The molecule has 0 aliphatic rings. The highest BCUT2D eigenvalue weighted by molar-refractivity contribution is 5.74. The molecule has 0 aliphatic heterocycles. The van der Waals surface area contributed by atoms with E-state index in [0.29, 0.717) is 25.7 Å². The predicted molar refractivity (Wildman–Crippen MR) is 92.9 cm³/mol. The molecule has 23 heavy (non-hydrogen) atoms. The molecule has 0 heterocycles. The van der Waals surface area contributed by atoms with Crippen molar-refractivity contribution in [2.75, 3.05) is 26.7 Å². The van der Waals surface area contributed by atoms with Crippen molar-refractivity contribution in [3.8, 4) is 0 Å². The Bertz CT molecular complexity index is 479. The molecule has 0 aromatic heterocycles. The first-order chi connectivity index (χ1) is 10.9. The van der Waals surface area contributed by atoms with Crippen molar-refractivity contribution in [1.29, 1.82) is 0 Å². The van der Waals surface area contributed by atoms with Gasteiger partial charge < -0.3 is 15.1 Å². The number of carbonyl (C=O) groups excluding carboxylic acids is 1. The van der Waals surface area contributed by atoms with Gasteiger partial charge in [0, 0.05) is 25.7 Å². The van der Waals surface area contributed by atoms with Gasteiger partial charge in [-0.25, -0.2) is 9.18 Å². The van der Waals surface area contributed by atoms with Crippen LogP contribution in [-0.2, 0) is 6.54 Å². The van der Waals surface area contributed by atoms with Crippen LogP contribution in [0, 0.1) is 5.82 Å². The highest BCUT2D eigenvalue weighted by Crippen LogP contribution is 2.07. The molecule has 0 unspecified atom stereocenters. The Hall–Kier alpha value is -1.62. The van der Waals surface area contributed by atoms with Crippen molar-refractivity contribution in [2.24, 2.45) is 0 Å². The number of urea groups is 1. The van der Waals surface area contributed by atoms with E-state index >= 15 is 0 Å². The van der Waals surface area contributed by atoms with Gasteiger partial charge in [0.2, 0.25) is 0 Å². The number of amides is 2. The number of nitrogens with zero attached hydrogens (tertiary/aromatic N) is 2. The molecule has 4 nitrogen and oxygen atoms in total. The molecule has 0 spiro atoms. The molecule has 0 saturated heterocycles. The van der Waals surface area contributed by atoms with Gasteiger partial charge in [0.1, 0.15) is 5.82 Å². The maximum absolute atomic E-state index is 13.2. The van der Waals surface area contributed by atoms with Crippen molar-refractivity contribution in [1.82, 2.24) is 15.1 Å². The minimum absolute atomic E-state index is 0.0889. The molecular formula is C18H30FN3O. The molecular weight excluding hydrogens is 293 g/mol. The Labute approximate surface area is 139 Å². The van der Waals surface area contributed by atoms with E-state index in [9.17, 15) is 9.18 Å². The highest BCUT2D eigenvalue weighted by Gasteiger charge is 2.11. The summed E-state index contributed by atoms with van der Waals surface area (Å²) in [5.74, 6) is -0.270. The van der Waals surface area contributed by atoms with Crippen molar-refractivity contribution in [3.05, 3.63) is 35.6 Å². The molecule has 0 atom stereocenters. The van der Waals surface area contributed by atoms with Crippen LogP contribution in [0.2, 0.25) is 0 Å². The molecule has 0 radical (unpaired) electrons. The third kappa shape index (κ3) is 7.46. The number of nitrogens with one attached hydrogen (secondary N) is 1. The second-order valence-electron chi connectivity index (χ2n) is 6.16. The van der Waals surface area contributed by atoms with Crippen molar-refractivity contribution in [3.63, 3.8) is 0 Å². The SMILES string of the molecule is CCN(Cc1cccc(F)c1)C(=O)NCCCCN(C)C(C)C. The standard InChI is InChI=1S/C18H30FN3O/c1-5-22(14-16-9-8-10-17(19)13-16)18(23)20-11-6-7-12-21(4)15(2)3/h8-10,13,15H,5-7,11-12,14H2,1-4H3,(H,20,23). The minimum atomic E-state index is -0.270. The van der Waals surface area contributed by atoms with E-state index in [1.165, 1.54) is 12.1 Å². The van der Waals surface area contributed by atoms with Gasteiger partial charge in [-0.2, -0.15) is 0 Å². The average Bonchev–Trinajstić information content (AvgIpc) is 2.51. The Morgan fingerprint density at radius 1 is 1.30 bits per heavy atom. The van der Waals surface area contributed by atoms with Gasteiger partial charge in [0.05, 0.1) is 0 Å². The Morgan fingerprint density at radius 3 is 2.65 bits per heavy atom. The minimum Gasteiger partial charge on any atom is -0.338 e. The maximum atomic E-state index is 13.2. The zero-order valence-electron chi connectivity index (χ0n) is 14.8. The third-order valence-electron chi connectivity index (χ3n) is 4.03. The van der Waals surface area contributed by atoms with E-state index < -0.39 is 0 Å². The molecule has 0 aliphatic carbocycles. The highest BCUT2D eigenvalue weighted by atomic mass is 19.1. The van der Waals surface area contributed by atoms with Crippen LogP contribution in [0.5, 0.6) is 0 Å². The van der Waals surface area contributed by atoms with Gasteiger partial charge in [-0.3, -0.25) is 0 Å². The molecule has 1 aromatic carbocycles. The van der Waals surface area contributed by atoms with E-state index in [4.69, 9.17) is 0 Å². The smallest absolute Gasteiger partial charge is 0.317 e. The fraction of sp³-hybridized carbons (Fsp3) is 0.611. The van der Waals surface area contributed by atoms with E-state index in [0.717, 1.165) is 24.9 Å². The Balaban J connectivity index is 2.31. The fourth-order valence-electron chi connectivity index (χ4n) is 2.23. The number of hydrogen-bond donors (Lipinski definition) is 1. The second-order valence-corrected chi connectivity index (χ2v) is 6.16. The lowest BCUT2D eigenvalue weighted by Crippen LogP contribution is -2.40. The van der Waals surface area contributed by atoms with Crippen LogP contribution >= 0.6 is 0 Å². The predicted octanol–water partition coefficient (Wildman–Crippen LogP) is 3.48. The molecule has 2 amide bonds. The molecule has 1 rings (SSSR count). The van der Waals surface area contributed by atoms with Crippen LogP contribution in [0.1, 0.15) is 39.2 Å². The average molecular weight is 323 g/mol. The van der Waals surface area contributed by atoms with Crippen LogP contribution < -0.4 is 5.32 Å². The Kier molecular flexibility index (Phi) is 8.62. The van der Waals surface area contributed by atoms with Gasteiger partial charge in [0.15, 0.2) is 0 Å². The summed E-state index contributed by atoms with van der Waals surface area (Å²) in [6.45, 7) is 9.00. The van der Waals surface area contributed by atoms with Crippen LogP contribution in [0.4, 0.5) is 9.18 Å². The molecule has 1 N–H and O–H groups in total. The summed E-state index contributed by atoms with van der Waals surface area (Å²) < 4.78 is 13.2. The molecule has 0 fully saturated rings. The van der Waals surface area contributed by atoms with E-state index in [-0.39, 0.29) is 11.8 Å². The zero-order valence-corrected chi connectivity index (χ0v) is 14.8. The van der Waals surface area contributed by atoms with E-state index in [2.05, 4.69) is 31.1 Å². The maximum Gasteiger partial charge on any atom is 0.317 e. The van der Waals surface area contributed by atoms with Crippen LogP contribution in [0.15, 0.2) is 24.3 Å². The third-order valence-corrected chi connectivity index (χ3v) is 4.03. The summed E-state index contributed by atoms with van der Waals surface area (Å²) in [7, 11) is 2.11. The van der Waals surface area contributed by atoms with Gasteiger partial charge in [0.25, 0.3) is 0 Å². The molecule has 0 bridgehead atoms. The molecule has 1 aromatic rings. The topological polar surface area (TPSA) is 35.6 Å². The van der Waals surface area contributed by atoms with E-state index in [1.807, 2.05) is 13.0 Å². The van der Waals surface area contributed by atoms with Crippen molar-refractivity contribution < 1.29 is 9.18 Å². The number of hydrogen-bond acceptors (Lipinski definition) is 2. The van der Waals surface area contributed by atoms with Crippen molar-refractivity contribution >= 4 is 6.03 Å². The summed E-state index contributed by atoms with van der Waals surface area (Å²) in [5, 5.41) is 2.95. The largest absolute Gasteiger partial charge is 0.338 e. The first-order valence-corrected chi connectivity index (χ1v) is 8.41. The number of carbonyl (C=O) groups is 1. The monoisotopic (exact) mass is 323 g/mol. The summed E-state index contributed by atoms with van der Waals surface area (Å²) in [6, 6.07) is 6.84. The van der Waals surface area contributed by atoms with Crippen LogP contribution in [0.25, 0.3) is 0 Å². The molecule has 5 heteroatoms. The summed E-state index contributed by atoms with van der Waals surface area (Å²) in [6.07, 6.45) is 2.02. The van der Waals surface area contributed by atoms with Crippen LogP contribution in [0.3, 0.4) is 0 Å². The van der Waals surface area contributed by atoms with Crippen molar-refractivity contribution in [2.45, 2.75) is 46.2 Å². The number of unbranched alkanes of at least 4 members (excludes halogenated alkanes) is 1. The van der Waals surface area contributed by atoms with E-state index in [1.54, 1.807) is 11.0 Å². The molecule has 130 valence electrons. The first kappa shape index (κ1) is 19.4. The van der Waals surface area contributed by atoms with Gasteiger partial charge in [-0.1, -0.05) is 12.1 Å². The molecule has 0 saturated carbocycles. The lowest BCUT2D eigenvalue weighted by Gasteiger charge is -2.22. The number of halogens is 1. The zero-order chi connectivity index (χ0) is 17.2. The summed E-state index contributed by atoms with van der Waals surface area (Å²) in [4.78, 5) is 16.2. The lowest BCUT2D eigenvalue weighted by molar-refractivity contribution is 0.197. The normalized spacial score (nSPS) is 11.1. The van der Waals surface area contributed by atoms with Crippen LogP contribution in [-0.4, -0.2) is 48.6 Å². The number of benzene rings is 1. The quantitative estimate of drug-likeness (QED) is 0.706. The lowest BCUT2D eigenvalue weighted by atomic mass is 10.2. The number of rotatable bonds is 9. The first-order valence-electron chi connectivity index (χ1n) is 8.41. The summed E-state index contributed by atoms with van der Waals surface area (Å²) >= 11 is 0. The van der Waals surface area contributed by atoms with Gasteiger partial charge in [-0.05, 0) is 64.9 Å².